The van der Waals surface area contributed by atoms with Gasteiger partial charge < -0.3 is 15.3 Å². The van der Waals surface area contributed by atoms with Crippen LogP contribution in [0, 0.1) is 5.92 Å². The molecule has 1 amide bonds. The largest absolute Gasteiger partial charge is 0.481 e. The maximum Gasteiger partial charge on any atom is 0.308 e. The van der Waals surface area contributed by atoms with Crippen molar-refractivity contribution in [2.75, 3.05) is 32.0 Å². The monoisotopic (exact) mass is 386 g/mol. The molecular formula is C19H22N4O3S. The lowest BCUT2D eigenvalue weighted by molar-refractivity contribution is -0.141. The average Bonchev–Trinajstić information content (AvgIpc) is 3.28. The van der Waals surface area contributed by atoms with Gasteiger partial charge in [-0.3, -0.25) is 14.9 Å². The number of rotatable bonds is 4. The molecule has 7 nitrogen and oxygen atoms in total. The third kappa shape index (κ3) is 3.73. The Morgan fingerprint density at radius 1 is 1.37 bits per heavy atom. The smallest absolute Gasteiger partial charge is 0.308 e. The first-order valence-corrected chi connectivity index (χ1v) is 9.85. The van der Waals surface area contributed by atoms with Gasteiger partial charge in [0.15, 0.2) is 5.13 Å². The van der Waals surface area contributed by atoms with Gasteiger partial charge >= 0.3 is 5.97 Å². The Morgan fingerprint density at radius 3 is 3.04 bits per heavy atom. The van der Waals surface area contributed by atoms with E-state index in [1.165, 1.54) is 16.2 Å². The summed E-state index contributed by atoms with van der Waals surface area (Å²) in [6, 6.07) is 7.24. The first kappa shape index (κ1) is 18.1. The van der Waals surface area contributed by atoms with E-state index in [2.05, 4.69) is 27.6 Å². The molecule has 2 aromatic rings. The number of carbonyl (C=O) groups excluding carboxylic acids is 1. The van der Waals surface area contributed by atoms with Crippen LogP contribution in [-0.4, -0.2) is 53.5 Å². The van der Waals surface area contributed by atoms with E-state index in [4.69, 9.17) is 0 Å². The zero-order chi connectivity index (χ0) is 19.0. The highest BCUT2D eigenvalue weighted by Gasteiger charge is 2.34. The Kier molecular flexibility index (Phi) is 4.94. The molecule has 2 aliphatic rings. The van der Waals surface area contributed by atoms with Crippen molar-refractivity contribution in [1.29, 1.82) is 0 Å². The van der Waals surface area contributed by atoms with Gasteiger partial charge in [0.2, 0.25) is 0 Å². The fourth-order valence-corrected chi connectivity index (χ4v) is 4.83. The normalized spacial score (nSPS) is 22.4. The van der Waals surface area contributed by atoms with Crippen molar-refractivity contribution >= 4 is 28.3 Å². The number of nitrogens with zero attached hydrogens (tertiary/aromatic N) is 2. The summed E-state index contributed by atoms with van der Waals surface area (Å²) >= 11 is 1.52. The van der Waals surface area contributed by atoms with Gasteiger partial charge in [-0.05, 0) is 24.7 Å². The Balaban J connectivity index is 1.50. The highest BCUT2D eigenvalue weighted by molar-refractivity contribution is 7.15. The van der Waals surface area contributed by atoms with Gasteiger partial charge in [-0.2, -0.15) is 0 Å². The van der Waals surface area contributed by atoms with Crippen LogP contribution in [0.15, 0.2) is 24.3 Å². The summed E-state index contributed by atoms with van der Waals surface area (Å²) in [6.45, 7) is 2.90. The minimum absolute atomic E-state index is 0.127. The highest BCUT2D eigenvalue weighted by atomic mass is 32.1. The van der Waals surface area contributed by atoms with Gasteiger partial charge in [-0.15, -0.1) is 11.3 Å². The molecule has 3 N–H and O–H groups in total. The Hall–Kier alpha value is -2.29. The SMILES string of the molecule is CN1CCc2nc(NC(=O)c3cccc(C4CNCC4C(=O)O)c3)sc2C1. The number of amides is 1. The number of aromatic nitrogens is 1. The second kappa shape index (κ2) is 7.38. The molecule has 8 heteroatoms. The van der Waals surface area contributed by atoms with Crippen molar-refractivity contribution in [3.8, 4) is 0 Å². The van der Waals surface area contributed by atoms with Crippen LogP contribution in [0.5, 0.6) is 0 Å². The zero-order valence-corrected chi connectivity index (χ0v) is 15.9. The van der Waals surface area contributed by atoms with E-state index in [-0.39, 0.29) is 11.8 Å². The molecule has 3 heterocycles. The summed E-state index contributed by atoms with van der Waals surface area (Å²) in [7, 11) is 2.08. The number of carboxylic acid groups (broad SMARTS) is 1. The predicted molar refractivity (Wildman–Crippen MR) is 103 cm³/mol. The highest BCUT2D eigenvalue weighted by Crippen LogP contribution is 2.30. The molecule has 27 heavy (non-hydrogen) atoms. The number of likely N-dealkylation sites (N-methyl/N-ethyl adjacent to an activating group) is 1. The van der Waals surface area contributed by atoms with Crippen LogP contribution in [-0.2, 0) is 17.8 Å². The van der Waals surface area contributed by atoms with Crippen LogP contribution in [0.3, 0.4) is 0 Å². The van der Waals surface area contributed by atoms with Crippen molar-refractivity contribution in [2.45, 2.75) is 18.9 Å². The number of aliphatic carboxylic acids is 1. The van der Waals surface area contributed by atoms with Crippen molar-refractivity contribution < 1.29 is 14.7 Å². The maximum atomic E-state index is 12.7. The summed E-state index contributed by atoms with van der Waals surface area (Å²) in [4.78, 5) is 32.1. The fourth-order valence-electron chi connectivity index (χ4n) is 3.74. The average molecular weight is 386 g/mol. The lowest BCUT2D eigenvalue weighted by Gasteiger charge is -2.20. The Morgan fingerprint density at radius 2 is 2.22 bits per heavy atom. The summed E-state index contributed by atoms with van der Waals surface area (Å²) in [5.41, 5.74) is 2.47. The predicted octanol–water partition coefficient (Wildman–Crippen LogP) is 1.77. The second-order valence-corrected chi connectivity index (χ2v) is 8.25. The van der Waals surface area contributed by atoms with E-state index in [1.807, 2.05) is 12.1 Å². The first-order valence-electron chi connectivity index (χ1n) is 9.03. The first-order chi connectivity index (χ1) is 13.0. The molecule has 0 saturated carbocycles. The van der Waals surface area contributed by atoms with Gasteiger partial charge in [-0.1, -0.05) is 12.1 Å². The van der Waals surface area contributed by atoms with Crippen LogP contribution in [0.25, 0.3) is 0 Å². The number of fused-ring (bicyclic) bond motifs is 1. The van der Waals surface area contributed by atoms with Gasteiger partial charge in [0.25, 0.3) is 5.91 Å². The van der Waals surface area contributed by atoms with Gasteiger partial charge in [0.1, 0.15) is 0 Å². The maximum absolute atomic E-state index is 12.7. The Labute approximate surface area is 161 Å². The molecule has 2 unspecified atom stereocenters. The lowest BCUT2D eigenvalue weighted by atomic mass is 9.88. The number of carboxylic acids is 1. The van der Waals surface area contributed by atoms with Crippen molar-refractivity contribution in [1.82, 2.24) is 15.2 Å². The number of benzene rings is 1. The summed E-state index contributed by atoms with van der Waals surface area (Å²) in [5, 5.41) is 16.0. The molecule has 1 aromatic heterocycles. The van der Waals surface area contributed by atoms with Gasteiger partial charge in [0, 0.05) is 49.0 Å². The van der Waals surface area contributed by atoms with Crippen molar-refractivity contribution in [2.24, 2.45) is 5.92 Å². The molecule has 0 bridgehead atoms. The third-order valence-corrected chi connectivity index (χ3v) is 6.25. The fraction of sp³-hybridized carbons (Fsp3) is 0.421. The Bertz CT molecular complexity index is 882. The molecule has 2 atom stereocenters. The topological polar surface area (TPSA) is 94.6 Å². The quantitative estimate of drug-likeness (QED) is 0.741. The van der Waals surface area contributed by atoms with E-state index >= 15 is 0 Å². The van der Waals surface area contributed by atoms with E-state index in [0.29, 0.717) is 23.8 Å². The van der Waals surface area contributed by atoms with Crippen LogP contribution < -0.4 is 10.6 Å². The van der Waals surface area contributed by atoms with Crippen LogP contribution in [0.4, 0.5) is 5.13 Å². The van der Waals surface area contributed by atoms with Crippen LogP contribution >= 0.6 is 11.3 Å². The molecule has 0 spiro atoms. The number of anilines is 1. The molecule has 0 aliphatic carbocycles. The molecule has 1 aromatic carbocycles. The number of nitrogens with one attached hydrogen (secondary N) is 2. The van der Waals surface area contributed by atoms with E-state index in [0.717, 1.165) is 30.8 Å². The molecule has 142 valence electrons. The van der Waals surface area contributed by atoms with Crippen LogP contribution in [0.2, 0.25) is 0 Å². The van der Waals surface area contributed by atoms with Crippen LogP contribution in [0.1, 0.15) is 32.4 Å². The number of thiazole rings is 1. The standard InChI is InChI=1S/C19H22N4O3S/c1-23-6-5-15-16(10-23)27-19(21-15)22-17(24)12-4-2-3-11(7-12)13-8-20-9-14(13)18(25)26/h2-4,7,13-14,20H,5-6,8-10H2,1H3,(H,25,26)(H,21,22,24). The number of carbonyl (C=O) groups is 2. The minimum atomic E-state index is -0.807. The minimum Gasteiger partial charge on any atom is -0.481 e. The molecule has 1 fully saturated rings. The summed E-state index contributed by atoms with van der Waals surface area (Å²) in [5.74, 6) is -1.61. The number of hydrogen-bond acceptors (Lipinski definition) is 6. The molecule has 2 aliphatic heterocycles. The second-order valence-electron chi connectivity index (χ2n) is 7.17. The summed E-state index contributed by atoms with van der Waals surface area (Å²) < 4.78 is 0. The number of hydrogen-bond donors (Lipinski definition) is 3. The van der Waals surface area contributed by atoms with Crippen molar-refractivity contribution in [3.63, 3.8) is 0 Å². The molecule has 4 rings (SSSR count). The van der Waals surface area contributed by atoms with E-state index < -0.39 is 11.9 Å². The van der Waals surface area contributed by atoms with Gasteiger partial charge in [0.05, 0.1) is 11.6 Å². The molecule has 1 saturated heterocycles. The van der Waals surface area contributed by atoms with Gasteiger partial charge in [-0.25, -0.2) is 4.98 Å². The third-order valence-electron chi connectivity index (χ3n) is 5.25. The van der Waals surface area contributed by atoms with Crippen molar-refractivity contribution in [3.05, 3.63) is 46.0 Å². The lowest BCUT2D eigenvalue weighted by Crippen LogP contribution is -2.25. The van der Waals surface area contributed by atoms with E-state index in [1.54, 1.807) is 12.1 Å². The molecule has 0 radical (unpaired) electrons. The zero-order valence-electron chi connectivity index (χ0n) is 15.1. The molecular weight excluding hydrogens is 364 g/mol. The van der Waals surface area contributed by atoms with E-state index in [9.17, 15) is 14.7 Å². The summed E-state index contributed by atoms with van der Waals surface area (Å²) in [6.07, 6.45) is 0.902.